The molecular formula is C13H18N2O3S. The number of carbonyl (C=O) groups excluding carboxylic acids is 1. The van der Waals surface area contributed by atoms with Crippen LogP contribution in [0.3, 0.4) is 0 Å². The van der Waals surface area contributed by atoms with E-state index in [1.807, 2.05) is 0 Å². The zero-order valence-corrected chi connectivity index (χ0v) is 11.7. The molecule has 0 fully saturated rings. The van der Waals surface area contributed by atoms with E-state index >= 15 is 0 Å². The predicted octanol–water partition coefficient (Wildman–Crippen LogP) is 0.139. The fourth-order valence-electron chi connectivity index (χ4n) is 1.47. The van der Waals surface area contributed by atoms with Gasteiger partial charge in [-0.05, 0) is 6.07 Å². The molecule has 0 aliphatic heterocycles. The van der Waals surface area contributed by atoms with E-state index in [-0.39, 0.29) is 12.5 Å². The predicted molar refractivity (Wildman–Crippen MR) is 75.1 cm³/mol. The Morgan fingerprint density at radius 3 is 3.00 bits per heavy atom. The zero-order chi connectivity index (χ0) is 14.1. The molecule has 5 nitrogen and oxygen atoms in total. The Balaban J connectivity index is 2.75. The van der Waals surface area contributed by atoms with Crippen molar-refractivity contribution in [1.29, 1.82) is 0 Å². The summed E-state index contributed by atoms with van der Waals surface area (Å²) in [6.07, 6.45) is 0. The maximum absolute atomic E-state index is 12.2. The van der Waals surface area contributed by atoms with E-state index in [1.54, 1.807) is 23.5 Å². The van der Waals surface area contributed by atoms with Crippen molar-refractivity contribution in [1.82, 2.24) is 4.90 Å². The molecule has 0 spiro atoms. The molecule has 0 atom stereocenters. The van der Waals surface area contributed by atoms with E-state index < -0.39 is 0 Å². The second-order valence-corrected chi connectivity index (χ2v) is 4.63. The third-order valence-corrected chi connectivity index (χ3v) is 3.23. The maximum atomic E-state index is 12.2. The van der Waals surface area contributed by atoms with Gasteiger partial charge in [-0.2, -0.15) is 0 Å². The van der Waals surface area contributed by atoms with E-state index in [9.17, 15) is 4.79 Å². The first-order valence-electron chi connectivity index (χ1n) is 5.89. The second kappa shape index (κ2) is 8.67. The zero-order valence-electron chi connectivity index (χ0n) is 10.9. The van der Waals surface area contributed by atoms with Crippen molar-refractivity contribution in [2.75, 3.05) is 40.0 Å². The summed E-state index contributed by atoms with van der Waals surface area (Å²) < 4.78 is 4.95. The van der Waals surface area contributed by atoms with Gasteiger partial charge in [0.25, 0.3) is 5.91 Å². The Labute approximate surface area is 117 Å². The monoisotopic (exact) mass is 282 g/mol. The van der Waals surface area contributed by atoms with Gasteiger partial charge >= 0.3 is 0 Å². The van der Waals surface area contributed by atoms with Crippen molar-refractivity contribution in [3.05, 3.63) is 21.9 Å². The summed E-state index contributed by atoms with van der Waals surface area (Å²) >= 11 is 1.41. The Morgan fingerprint density at radius 1 is 1.58 bits per heavy atom. The summed E-state index contributed by atoms with van der Waals surface area (Å²) in [5, 5.41) is 10.7. The lowest BCUT2D eigenvalue weighted by Gasteiger charge is -2.20. The SMILES string of the molecule is COCCN(CCO)C(=O)c1csc(C#CCN)c1. The lowest BCUT2D eigenvalue weighted by Crippen LogP contribution is -2.35. The highest BCUT2D eigenvalue weighted by atomic mass is 32.1. The average molecular weight is 282 g/mol. The van der Waals surface area contributed by atoms with Gasteiger partial charge in [-0.15, -0.1) is 11.3 Å². The van der Waals surface area contributed by atoms with Gasteiger partial charge in [0.05, 0.1) is 30.2 Å². The van der Waals surface area contributed by atoms with Gasteiger partial charge in [0.1, 0.15) is 0 Å². The lowest BCUT2D eigenvalue weighted by atomic mass is 10.2. The van der Waals surface area contributed by atoms with Crippen LogP contribution in [0.5, 0.6) is 0 Å². The Morgan fingerprint density at radius 2 is 2.37 bits per heavy atom. The summed E-state index contributed by atoms with van der Waals surface area (Å²) in [6, 6.07) is 1.74. The van der Waals surface area contributed by atoms with Crippen LogP contribution in [0.1, 0.15) is 15.2 Å². The van der Waals surface area contributed by atoms with Gasteiger partial charge < -0.3 is 20.5 Å². The Kier molecular flexibility index (Phi) is 7.15. The molecule has 19 heavy (non-hydrogen) atoms. The van der Waals surface area contributed by atoms with Crippen molar-refractivity contribution in [3.63, 3.8) is 0 Å². The van der Waals surface area contributed by atoms with Crippen LogP contribution < -0.4 is 5.73 Å². The summed E-state index contributed by atoms with van der Waals surface area (Å²) in [4.78, 5) is 14.6. The lowest BCUT2D eigenvalue weighted by molar-refractivity contribution is 0.0657. The number of methoxy groups -OCH3 is 1. The highest BCUT2D eigenvalue weighted by Crippen LogP contribution is 2.15. The molecule has 0 bridgehead atoms. The normalized spacial score (nSPS) is 9.84. The number of hydrogen-bond donors (Lipinski definition) is 2. The van der Waals surface area contributed by atoms with Crippen LogP contribution in [0.25, 0.3) is 0 Å². The fourth-order valence-corrected chi connectivity index (χ4v) is 2.22. The number of aliphatic hydroxyl groups is 1. The van der Waals surface area contributed by atoms with Gasteiger partial charge in [-0.3, -0.25) is 4.79 Å². The third kappa shape index (κ3) is 5.01. The Hall–Kier alpha value is -1.39. The van der Waals surface area contributed by atoms with E-state index in [4.69, 9.17) is 15.6 Å². The van der Waals surface area contributed by atoms with Crippen LogP contribution in [-0.4, -0.2) is 55.9 Å². The number of nitrogens with two attached hydrogens (primary N) is 1. The molecule has 1 aromatic rings. The number of hydrogen-bond acceptors (Lipinski definition) is 5. The maximum Gasteiger partial charge on any atom is 0.254 e. The van der Waals surface area contributed by atoms with Crippen LogP contribution in [0.4, 0.5) is 0 Å². The molecule has 1 rings (SSSR count). The van der Waals surface area contributed by atoms with E-state index in [2.05, 4.69) is 11.8 Å². The summed E-state index contributed by atoms with van der Waals surface area (Å²) in [7, 11) is 1.58. The number of thiophene rings is 1. The first-order valence-corrected chi connectivity index (χ1v) is 6.77. The van der Waals surface area contributed by atoms with E-state index in [0.29, 0.717) is 31.8 Å². The topological polar surface area (TPSA) is 75.8 Å². The highest BCUT2D eigenvalue weighted by Gasteiger charge is 2.16. The van der Waals surface area contributed by atoms with Crippen LogP contribution in [0.15, 0.2) is 11.4 Å². The smallest absolute Gasteiger partial charge is 0.254 e. The molecule has 3 N–H and O–H groups in total. The van der Waals surface area contributed by atoms with E-state index in [0.717, 1.165) is 4.88 Å². The molecule has 0 saturated heterocycles. The van der Waals surface area contributed by atoms with E-state index in [1.165, 1.54) is 11.3 Å². The molecule has 0 radical (unpaired) electrons. The van der Waals surface area contributed by atoms with Gasteiger partial charge in [0.2, 0.25) is 0 Å². The number of aliphatic hydroxyl groups excluding tert-OH is 1. The molecule has 0 saturated carbocycles. The van der Waals surface area contributed by atoms with Gasteiger partial charge in [0.15, 0.2) is 0 Å². The first-order chi connectivity index (χ1) is 9.22. The molecule has 104 valence electrons. The van der Waals surface area contributed by atoms with Crippen LogP contribution >= 0.6 is 11.3 Å². The van der Waals surface area contributed by atoms with Crippen molar-refractivity contribution in [2.45, 2.75) is 0 Å². The Bertz CT molecular complexity index is 462. The van der Waals surface area contributed by atoms with Gasteiger partial charge in [-0.1, -0.05) is 11.8 Å². The van der Waals surface area contributed by atoms with Crippen molar-refractivity contribution >= 4 is 17.2 Å². The van der Waals surface area contributed by atoms with Gasteiger partial charge in [-0.25, -0.2) is 0 Å². The molecule has 6 heteroatoms. The number of rotatable bonds is 6. The molecule has 1 aromatic heterocycles. The molecular weight excluding hydrogens is 264 g/mol. The number of ether oxygens (including phenoxy) is 1. The van der Waals surface area contributed by atoms with Crippen LogP contribution in [0.2, 0.25) is 0 Å². The van der Waals surface area contributed by atoms with Crippen LogP contribution in [-0.2, 0) is 4.74 Å². The largest absolute Gasteiger partial charge is 0.395 e. The standard InChI is InChI=1S/C13H18N2O3S/c1-18-8-6-15(5-7-16)13(17)11-9-12(19-10-11)3-2-4-14/h9-10,16H,4-8,14H2,1H3. The number of amides is 1. The number of carbonyl (C=O) groups is 1. The number of nitrogens with zero attached hydrogens (tertiary/aromatic N) is 1. The molecule has 0 unspecified atom stereocenters. The molecule has 1 heterocycles. The average Bonchev–Trinajstić information content (AvgIpc) is 2.89. The summed E-state index contributed by atoms with van der Waals surface area (Å²) in [5.74, 6) is 5.52. The summed E-state index contributed by atoms with van der Waals surface area (Å²) in [6.45, 7) is 1.41. The van der Waals surface area contributed by atoms with Crippen LogP contribution in [0, 0.1) is 11.8 Å². The quantitative estimate of drug-likeness (QED) is 0.728. The van der Waals surface area contributed by atoms with Crippen molar-refractivity contribution < 1.29 is 14.6 Å². The minimum atomic E-state index is -0.122. The third-order valence-electron chi connectivity index (χ3n) is 2.38. The fraction of sp³-hybridized carbons (Fsp3) is 0.462. The first kappa shape index (κ1) is 15.7. The van der Waals surface area contributed by atoms with Crippen molar-refractivity contribution in [3.8, 4) is 11.8 Å². The van der Waals surface area contributed by atoms with Gasteiger partial charge in [0, 0.05) is 25.6 Å². The minimum absolute atomic E-state index is 0.0700. The molecule has 0 aliphatic rings. The highest BCUT2D eigenvalue weighted by molar-refractivity contribution is 7.10. The molecule has 0 aromatic carbocycles. The molecule has 0 aliphatic carbocycles. The van der Waals surface area contributed by atoms with Crippen molar-refractivity contribution in [2.24, 2.45) is 5.73 Å². The molecule has 1 amide bonds. The minimum Gasteiger partial charge on any atom is -0.395 e. The summed E-state index contributed by atoms with van der Waals surface area (Å²) in [5.41, 5.74) is 5.88. The second-order valence-electron chi connectivity index (χ2n) is 3.71.